The van der Waals surface area contributed by atoms with Crippen LogP contribution in [0, 0.1) is 0 Å². The maximum absolute atomic E-state index is 12.8. The smallest absolute Gasteiger partial charge is 0.257 e. The molecule has 1 N–H and O–H groups in total. The van der Waals surface area contributed by atoms with E-state index in [9.17, 15) is 4.79 Å². The lowest BCUT2D eigenvalue weighted by atomic mass is 9.99. The van der Waals surface area contributed by atoms with Crippen molar-refractivity contribution in [1.82, 2.24) is 14.9 Å². The van der Waals surface area contributed by atoms with Crippen molar-refractivity contribution >= 4 is 11.9 Å². The summed E-state index contributed by atoms with van der Waals surface area (Å²) in [6, 6.07) is 8.80. The molecule has 0 radical (unpaired) electrons. The first kappa shape index (κ1) is 17.0. The van der Waals surface area contributed by atoms with Gasteiger partial charge in [0.15, 0.2) is 0 Å². The summed E-state index contributed by atoms with van der Waals surface area (Å²) >= 11 is 0. The Bertz CT molecular complexity index is 751. The highest BCUT2D eigenvalue weighted by molar-refractivity contribution is 5.93. The quantitative estimate of drug-likeness (QED) is 0.855. The van der Waals surface area contributed by atoms with Crippen LogP contribution in [0.25, 0.3) is 0 Å². The number of nitrogens with one attached hydrogen (secondary N) is 1. The summed E-state index contributed by atoms with van der Waals surface area (Å²) < 4.78 is 0. The molecule has 1 aliphatic heterocycles. The maximum atomic E-state index is 12.8. The average molecular weight is 350 g/mol. The number of carbonyl (C=O) groups excluding carboxylic acids is 1. The van der Waals surface area contributed by atoms with Crippen molar-refractivity contribution in [3.05, 3.63) is 53.3 Å². The van der Waals surface area contributed by atoms with Gasteiger partial charge in [0.05, 0.1) is 5.56 Å². The van der Waals surface area contributed by atoms with Crippen LogP contribution in [0.15, 0.2) is 36.7 Å². The van der Waals surface area contributed by atoms with Crippen molar-refractivity contribution in [3.8, 4) is 0 Å². The van der Waals surface area contributed by atoms with Crippen LogP contribution in [0.4, 0.5) is 5.95 Å². The second-order valence-electron chi connectivity index (χ2n) is 7.37. The maximum Gasteiger partial charge on any atom is 0.257 e. The average Bonchev–Trinajstić information content (AvgIpc) is 2.96. The van der Waals surface area contributed by atoms with E-state index in [-0.39, 0.29) is 5.91 Å². The highest BCUT2D eigenvalue weighted by Crippen LogP contribution is 2.21. The number of anilines is 1. The number of benzene rings is 1. The first-order valence-corrected chi connectivity index (χ1v) is 9.74. The van der Waals surface area contributed by atoms with Gasteiger partial charge in [-0.2, -0.15) is 0 Å². The van der Waals surface area contributed by atoms with Gasteiger partial charge in [0.2, 0.25) is 5.95 Å². The van der Waals surface area contributed by atoms with Crippen molar-refractivity contribution in [2.45, 2.75) is 57.5 Å². The van der Waals surface area contributed by atoms with Crippen LogP contribution < -0.4 is 5.32 Å². The molecule has 4 rings (SSSR count). The Morgan fingerprint density at radius 1 is 1.00 bits per heavy atom. The minimum atomic E-state index is 0.0144. The number of nitrogens with zero attached hydrogens (tertiary/aromatic N) is 3. The van der Waals surface area contributed by atoms with E-state index in [4.69, 9.17) is 0 Å². The van der Waals surface area contributed by atoms with E-state index < -0.39 is 0 Å². The second kappa shape index (κ2) is 7.85. The van der Waals surface area contributed by atoms with Crippen molar-refractivity contribution in [2.24, 2.45) is 0 Å². The molecule has 26 heavy (non-hydrogen) atoms. The number of hydrogen-bond acceptors (Lipinski definition) is 4. The Morgan fingerprint density at radius 2 is 1.69 bits per heavy atom. The van der Waals surface area contributed by atoms with Crippen LogP contribution >= 0.6 is 0 Å². The molecule has 1 amide bonds. The molecule has 5 nitrogen and oxygen atoms in total. The SMILES string of the molecule is O=C(c1cnc(NC2CCCCCC2)nc1)N1CCc2ccccc2C1. The number of fused-ring (bicyclic) bond motifs is 1. The van der Waals surface area contributed by atoms with Gasteiger partial charge in [0.25, 0.3) is 5.91 Å². The van der Waals surface area contributed by atoms with Crippen LogP contribution in [0.5, 0.6) is 0 Å². The van der Waals surface area contributed by atoms with E-state index in [0.717, 1.165) is 13.0 Å². The fourth-order valence-corrected chi connectivity index (χ4v) is 3.97. The Kier molecular flexibility index (Phi) is 5.14. The van der Waals surface area contributed by atoms with Crippen molar-refractivity contribution in [3.63, 3.8) is 0 Å². The summed E-state index contributed by atoms with van der Waals surface area (Å²) in [4.78, 5) is 23.5. The topological polar surface area (TPSA) is 58.1 Å². The third-order valence-corrected chi connectivity index (χ3v) is 5.51. The van der Waals surface area contributed by atoms with Gasteiger partial charge in [-0.05, 0) is 30.4 Å². The number of amides is 1. The zero-order valence-corrected chi connectivity index (χ0v) is 15.2. The van der Waals surface area contributed by atoms with Gasteiger partial charge < -0.3 is 10.2 Å². The zero-order chi connectivity index (χ0) is 17.8. The molecule has 0 bridgehead atoms. The summed E-state index contributed by atoms with van der Waals surface area (Å²) in [5.74, 6) is 0.651. The summed E-state index contributed by atoms with van der Waals surface area (Å²) in [5, 5.41) is 3.43. The first-order valence-electron chi connectivity index (χ1n) is 9.74. The van der Waals surface area contributed by atoms with Gasteiger partial charge >= 0.3 is 0 Å². The summed E-state index contributed by atoms with van der Waals surface area (Å²) in [7, 11) is 0. The van der Waals surface area contributed by atoms with Gasteiger partial charge in [0.1, 0.15) is 0 Å². The molecule has 1 fully saturated rings. The van der Waals surface area contributed by atoms with Crippen LogP contribution in [0.1, 0.15) is 60.0 Å². The van der Waals surface area contributed by atoms with Gasteiger partial charge in [-0.3, -0.25) is 4.79 Å². The molecule has 2 aromatic rings. The van der Waals surface area contributed by atoms with Gasteiger partial charge in [-0.15, -0.1) is 0 Å². The van der Waals surface area contributed by atoms with Crippen molar-refractivity contribution in [2.75, 3.05) is 11.9 Å². The predicted octanol–water partition coefficient (Wildman–Crippen LogP) is 3.81. The minimum Gasteiger partial charge on any atom is -0.351 e. The summed E-state index contributed by atoms with van der Waals surface area (Å²) in [5.41, 5.74) is 3.14. The third-order valence-electron chi connectivity index (χ3n) is 5.51. The van der Waals surface area contributed by atoms with Crippen molar-refractivity contribution < 1.29 is 4.79 Å². The number of rotatable bonds is 3. The molecule has 0 saturated heterocycles. The summed E-state index contributed by atoms with van der Waals surface area (Å²) in [6.45, 7) is 1.41. The van der Waals surface area contributed by atoms with Gasteiger partial charge in [-0.1, -0.05) is 49.9 Å². The minimum absolute atomic E-state index is 0.0144. The fourth-order valence-electron chi connectivity index (χ4n) is 3.97. The molecule has 1 aromatic heterocycles. The molecule has 0 atom stereocenters. The van der Waals surface area contributed by atoms with Crippen LogP contribution in [0.2, 0.25) is 0 Å². The lowest BCUT2D eigenvalue weighted by Gasteiger charge is -2.28. The van der Waals surface area contributed by atoms with Crippen LogP contribution in [-0.2, 0) is 13.0 Å². The molecule has 2 aliphatic rings. The molecule has 1 aliphatic carbocycles. The molecule has 1 saturated carbocycles. The van der Waals surface area contributed by atoms with Gasteiger partial charge in [-0.25, -0.2) is 9.97 Å². The Hall–Kier alpha value is -2.43. The Labute approximate surface area is 154 Å². The van der Waals surface area contributed by atoms with E-state index in [1.165, 1.54) is 49.7 Å². The summed E-state index contributed by atoms with van der Waals surface area (Å²) in [6.07, 6.45) is 11.8. The molecule has 136 valence electrons. The molecular weight excluding hydrogens is 324 g/mol. The van der Waals surface area contributed by atoms with Crippen LogP contribution in [-0.4, -0.2) is 33.4 Å². The third kappa shape index (κ3) is 3.87. The molecule has 0 unspecified atom stereocenters. The molecular formula is C21H26N4O. The normalized spacial score (nSPS) is 18.1. The molecule has 0 spiro atoms. The Balaban J connectivity index is 1.39. The lowest BCUT2D eigenvalue weighted by Crippen LogP contribution is -2.36. The molecule has 2 heterocycles. The van der Waals surface area contributed by atoms with E-state index >= 15 is 0 Å². The lowest BCUT2D eigenvalue weighted by molar-refractivity contribution is 0.0734. The highest BCUT2D eigenvalue weighted by atomic mass is 16.2. The first-order chi connectivity index (χ1) is 12.8. The number of carbonyl (C=O) groups is 1. The van der Waals surface area contributed by atoms with E-state index in [1.807, 2.05) is 11.0 Å². The van der Waals surface area contributed by atoms with Crippen LogP contribution in [0.3, 0.4) is 0 Å². The standard InChI is InChI=1S/C21H26N4O/c26-20(25-12-11-16-7-5-6-8-17(16)15-25)18-13-22-21(23-14-18)24-19-9-3-1-2-4-10-19/h5-8,13-14,19H,1-4,9-12,15H2,(H,22,23,24). The predicted molar refractivity (Wildman–Crippen MR) is 102 cm³/mol. The number of hydrogen-bond donors (Lipinski definition) is 1. The monoisotopic (exact) mass is 350 g/mol. The van der Waals surface area contributed by atoms with E-state index in [1.54, 1.807) is 12.4 Å². The zero-order valence-electron chi connectivity index (χ0n) is 15.2. The van der Waals surface area contributed by atoms with E-state index in [2.05, 4.69) is 33.5 Å². The van der Waals surface area contributed by atoms with E-state index in [0.29, 0.717) is 24.1 Å². The fraction of sp³-hybridized carbons (Fsp3) is 0.476. The number of aromatic nitrogens is 2. The highest BCUT2D eigenvalue weighted by Gasteiger charge is 2.22. The van der Waals surface area contributed by atoms with Gasteiger partial charge in [0, 0.05) is 31.5 Å². The van der Waals surface area contributed by atoms with Crippen molar-refractivity contribution in [1.29, 1.82) is 0 Å². The second-order valence-corrected chi connectivity index (χ2v) is 7.37. The largest absolute Gasteiger partial charge is 0.351 e. The molecule has 5 heteroatoms. The Morgan fingerprint density at radius 3 is 2.42 bits per heavy atom. The molecule has 1 aromatic carbocycles.